The number of hydrogen-bond donors (Lipinski definition) is 0. The number of aryl methyl sites for hydroxylation is 1. The van der Waals surface area contributed by atoms with Gasteiger partial charge in [0.05, 0.1) is 34.7 Å². The van der Waals surface area contributed by atoms with Crippen LogP contribution in [0.5, 0.6) is 17.4 Å². The average molecular weight is 383 g/mol. The molecular weight excluding hydrogens is 368 g/mol. The van der Waals surface area contributed by atoms with Crippen LogP contribution in [0.3, 0.4) is 0 Å². The number of rotatable bonds is 2. The molecular formula is C20H15ClN2O4. The largest absolute Gasteiger partial charge is 0.486 e. The molecule has 0 unspecified atom stereocenters. The molecule has 1 aliphatic rings. The molecule has 0 atom stereocenters. The minimum absolute atomic E-state index is 0.464. The summed E-state index contributed by atoms with van der Waals surface area (Å²) in [6, 6.07) is 7.61. The number of furan rings is 1. The van der Waals surface area contributed by atoms with Crippen LogP contribution in [-0.4, -0.2) is 30.3 Å². The summed E-state index contributed by atoms with van der Waals surface area (Å²) in [5.74, 6) is 2.39. The Morgan fingerprint density at radius 1 is 1.11 bits per heavy atom. The van der Waals surface area contributed by atoms with Gasteiger partial charge in [-0.05, 0) is 30.7 Å². The normalized spacial score (nSPS) is 13.3. The molecule has 6 nitrogen and oxygen atoms in total. The molecule has 136 valence electrons. The highest BCUT2D eigenvalue weighted by atomic mass is 35.5. The Bertz CT molecular complexity index is 1200. The molecule has 0 bridgehead atoms. The Balaban J connectivity index is 1.77. The first kappa shape index (κ1) is 16.2. The van der Waals surface area contributed by atoms with Crippen LogP contribution >= 0.6 is 11.6 Å². The molecule has 0 saturated carbocycles. The average Bonchev–Trinajstić information content (AvgIpc) is 3.13. The number of hydrogen-bond acceptors (Lipinski definition) is 6. The third kappa shape index (κ3) is 2.56. The number of halogens is 1. The first-order valence-electron chi connectivity index (χ1n) is 8.47. The van der Waals surface area contributed by atoms with Crippen molar-refractivity contribution in [3.8, 4) is 28.7 Å². The first-order valence-corrected chi connectivity index (χ1v) is 8.85. The standard InChI is InChI=1S/C20H15ClN2O4/c1-10-5-11(18-14(6-10)23-17(24-2)9-22-18)15-7-12-19(27-15)13(21)8-16-20(12)26-4-3-25-16/h5-9H,3-4H2,1-2H3. The molecule has 1 aliphatic heterocycles. The predicted octanol–water partition coefficient (Wildman–Crippen LogP) is 4.78. The van der Waals surface area contributed by atoms with E-state index in [-0.39, 0.29) is 0 Å². The first-order chi connectivity index (χ1) is 13.1. The van der Waals surface area contributed by atoms with Crippen LogP contribution in [0.25, 0.3) is 33.3 Å². The maximum Gasteiger partial charge on any atom is 0.232 e. The van der Waals surface area contributed by atoms with Crippen molar-refractivity contribution in [1.82, 2.24) is 9.97 Å². The van der Waals surface area contributed by atoms with E-state index in [2.05, 4.69) is 9.97 Å². The Morgan fingerprint density at radius 3 is 2.81 bits per heavy atom. The molecule has 2 aromatic carbocycles. The van der Waals surface area contributed by atoms with Crippen LogP contribution in [-0.2, 0) is 0 Å². The second-order valence-corrected chi connectivity index (χ2v) is 6.74. The minimum atomic E-state index is 0.464. The molecule has 0 amide bonds. The van der Waals surface area contributed by atoms with Crippen LogP contribution in [0.2, 0.25) is 5.02 Å². The lowest BCUT2D eigenvalue weighted by Crippen LogP contribution is -2.15. The van der Waals surface area contributed by atoms with Crippen molar-refractivity contribution in [2.75, 3.05) is 20.3 Å². The maximum atomic E-state index is 6.41. The molecule has 3 heterocycles. The summed E-state index contributed by atoms with van der Waals surface area (Å²) in [5.41, 5.74) is 3.89. The Hall–Kier alpha value is -2.99. The van der Waals surface area contributed by atoms with Crippen molar-refractivity contribution in [3.63, 3.8) is 0 Å². The zero-order valence-electron chi connectivity index (χ0n) is 14.7. The van der Waals surface area contributed by atoms with E-state index in [9.17, 15) is 0 Å². The van der Waals surface area contributed by atoms with Gasteiger partial charge in [0.2, 0.25) is 5.88 Å². The highest BCUT2D eigenvalue weighted by molar-refractivity contribution is 6.35. The van der Waals surface area contributed by atoms with Gasteiger partial charge in [0, 0.05) is 11.6 Å². The molecule has 4 aromatic rings. The number of benzene rings is 2. The number of nitrogens with zero attached hydrogens (tertiary/aromatic N) is 2. The third-order valence-electron chi connectivity index (χ3n) is 4.51. The fourth-order valence-electron chi connectivity index (χ4n) is 3.33. The van der Waals surface area contributed by atoms with E-state index in [0.29, 0.717) is 47.0 Å². The quantitative estimate of drug-likeness (QED) is 0.497. The van der Waals surface area contributed by atoms with Gasteiger partial charge in [-0.25, -0.2) is 9.97 Å². The van der Waals surface area contributed by atoms with E-state index in [1.807, 2.05) is 25.1 Å². The van der Waals surface area contributed by atoms with Crippen molar-refractivity contribution in [2.45, 2.75) is 6.92 Å². The van der Waals surface area contributed by atoms with Gasteiger partial charge in [-0.3, -0.25) is 0 Å². The lowest BCUT2D eigenvalue weighted by atomic mass is 10.1. The van der Waals surface area contributed by atoms with E-state index in [1.54, 1.807) is 19.4 Å². The summed E-state index contributed by atoms with van der Waals surface area (Å²) in [5, 5.41) is 1.26. The molecule has 27 heavy (non-hydrogen) atoms. The van der Waals surface area contributed by atoms with Crippen molar-refractivity contribution in [3.05, 3.63) is 41.0 Å². The lowest BCUT2D eigenvalue weighted by Gasteiger charge is -2.18. The summed E-state index contributed by atoms with van der Waals surface area (Å²) >= 11 is 6.41. The highest BCUT2D eigenvalue weighted by Crippen LogP contribution is 2.45. The van der Waals surface area contributed by atoms with E-state index >= 15 is 0 Å². The second-order valence-electron chi connectivity index (χ2n) is 6.33. The van der Waals surface area contributed by atoms with Crippen LogP contribution in [0.4, 0.5) is 0 Å². The molecule has 2 aromatic heterocycles. The van der Waals surface area contributed by atoms with Crippen LogP contribution in [0.15, 0.2) is 34.9 Å². The van der Waals surface area contributed by atoms with Crippen LogP contribution < -0.4 is 14.2 Å². The zero-order valence-corrected chi connectivity index (χ0v) is 15.5. The van der Waals surface area contributed by atoms with E-state index < -0.39 is 0 Å². The fraction of sp³-hybridized carbons (Fsp3) is 0.200. The molecule has 0 saturated heterocycles. The maximum absolute atomic E-state index is 6.41. The number of fused-ring (bicyclic) bond motifs is 4. The van der Waals surface area contributed by atoms with Gasteiger partial charge < -0.3 is 18.6 Å². The Labute approximate surface area is 159 Å². The lowest BCUT2D eigenvalue weighted by molar-refractivity contribution is 0.174. The van der Waals surface area contributed by atoms with Gasteiger partial charge in [0.25, 0.3) is 0 Å². The van der Waals surface area contributed by atoms with Gasteiger partial charge in [0.1, 0.15) is 19.0 Å². The topological polar surface area (TPSA) is 66.6 Å². The molecule has 0 fully saturated rings. The third-order valence-corrected chi connectivity index (χ3v) is 4.79. The number of aromatic nitrogens is 2. The van der Waals surface area contributed by atoms with Crippen LogP contribution in [0, 0.1) is 6.92 Å². The van der Waals surface area contributed by atoms with Crippen molar-refractivity contribution < 1.29 is 18.6 Å². The van der Waals surface area contributed by atoms with Gasteiger partial charge in [0.15, 0.2) is 17.1 Å². The summed E-state index contributed by atoms with van der Waals surface area (Å²) in [4.78, 5) is 9.00. The van der Waals surface area contributed by atoms with E-state index in [4.69, 9.17) is 30.2 Å². The van der Waals surface area contributed by atoms with Crippen molar-refractivity contribution in [2.24, 2.45) is 0 Å². The van der Waals surface area contributed by atoms with E-state index in [1.165, 1.54) is 0 Å². The number of ether oxygens (including phenoxy) is 3. The SMILES string of the molecule is COc1cnc2c(-c3cc4c5c(cc(Cl)c4o3)OCCO5)cc(C)cc2n1. The molecule has 0 aliphatic carbocycles. The molecule has 7 heteroatoms. The van der Waals surface area contributed by atoms with Gasteiger partial charge in [-0.1, -0.05) is 11.6 Å². The second kappa shape index (κ2) is 6.03. The molecule has 0 N–H and O–H groups in total. The monoisotopic (exact) mass is 382 g/mol. The van der Waals surface area contributed by atoms with Crippen LogP contribution in [0.1, 0.15) is 5.56 Å². The van der Waals surface area contributed by atoms with Gasteiger partial charge >= 0.3 is 0 Å². The smallest absolute Gasteiger partial charge is 0.232 e. The Kier molecular flexibility index (Phi) is 3.62. The predicted molar refractivity (Wildman–Crippen MR) is 102 cm³/mol. The Morgan fingerprint density at radius 2 is 1.96 bits per heavy atom. The fourth-order valence-corrected chi connectivity index (χ4v) is 3.57. The van der Waals surface area contributed by atoms with Crippen molar-refractivity contribution in [1.29, 1.82) is 0 Å². The van der Waals surface area contributed by atoms with Gasteiger partial charge in [-0.15, -0.1) is 0 Å². The summed E-state index contributed by atoms with van der Waals surface area (Å²) in [7, 11) is 1.57. The summed E-state index contributed by atoms with van der Waals surface area (Å²) < 4.78 is 22.7. The summed E-state index contributed by atoms with van der Waals surface area (Å²) in [6.45, 7) is 2.99. The summed E-state index contributed by atoms with van der Waals surface area (Å²) in [6.07, 6.45) is 1.59. The molecule has 5 rings (SSSR count). The minimum Gasteiger partial charge on any atom is -0.486 e. The number of methoxy groups -OCH3 is 1. The van der Waals surface area contributed by atoms with Gasteiger partial charge in [-0.2, -0.15) is 0 Å². The van der Waals surface area contributed by atoms with Crippen molar-refractivity contribution >= 4 is 33.6 Å². The molecule has 0 radical (unpaired) electrons. The highest BCUT2D eigenvalue weighted by Gasteiger charge is 2.22. The molecule has 0 spiro atoms. The van der Waals surface area contributed by atoms with E-state index in [0.717, 1.165) is 27.5 Å². The zero-order chi connectivity index (χ0) is 18.5.